The molecule has 0 unspecified atom stereocenters. The molecule has 1 heterocycles. The van der Waals surface area contributed by atoms with Crippen LogP contribution in [0, 0.1) is 0 Å². The van der Waals surface area contributed by atoms with Gasteiger partial charge in [-0.2, -0.15) is 0 Å². The quantitative estimate of drug-likeness (QED) is 0.786. The molecule has 0 aliphatic carbocycles. The van der Waals surface area contributed by atoms with E-state index < -0.39 is 6.04 Å². The molecule has 0 N–H and O–H groups in total. The monoisotopic (exact) mass is 296 g/mol. The molecule has 0 bridgehead atoms. The molecule has 5 heteroatoms. The highest BCUT2D eigenvalue weighted by Gasteiger charge is 2.37. The van der Waals surface area contributed by atoms with Crippen LogP contribution >= 0.6 is 15.9 Å². The van der Waals surface area contributed by atoms with Crippen LogP contribution in [0.15, 0.2) is 28.7 Å². The van der Waals surface area contributed by atoms with E-state index in [0.29, 0.717) is 0 Å². The van der Waals surface area contributed by atoms with Crippen molar-refractivity contribution in [2.24, 2.45) is 0 Å². The van der Waals surface area contributed by atoms with Crippen molar-refractivity contribution in [2.45, 2.75) is 6.04 Å². The van der Waals surface area contributed by atoms with Gasteiger partial charge in [-0.25, -0.2) is 0 Å². The fourth-order valence-corrected chi connectivity index (χ4v) is 2.45. The molecule has 0 saturated carbocycles. The number of halogens is 1. The van der Waals surface area contributed by atoms with Crippen molar-refractivity contribution in [2.75, 3.05) is 20.6 Å². The highest BCUT2D eigenvalue weighted by Crippen LogP contribution is 2.30. The van der Waals surface area contributed by atoms with Gasteiger partial charge in [-0.1, -0.05) is 34.1 Å². The summed E-state index contributed by atoms with van der Waals surface area (Å²) in [7, 11) is 3.31. The highest BCUT2D eigenvalue weighted by atomic mass is 79.9. The van der Waals surface area contributed by atoms with Gasteiger partial charge in [0.15, 0.2) is 0 Å². The van der Waals surface area contributed by atoms with E-state index in [2.05, 4.69) is 15.9 Å². The first-order chi connectivity index (χ1) is 8.02. The third kappa shape index (κ3) is 2.07. The zero-order valence-electron chi connectivity index (χ0n) is 9.68. The summed E-state index contributed by atoms with van der Waals surface area (Å²) in [6.07, 6.45) is 0. The number of rotatable bonds is 1. The first kappa shape index (κ1) is 12.1. The first-order valence-electron chi connectivity index (χ1n) is 5.27. The van der Waals surface area contributed by atoms with E-state index in [1.54, 1.807) is 14.1 Å². The minimum atomic E-state index is -0.531. The summed E-state index contributed by atoms with van der Waals surface area (Å²) in [6.45, 7) is 0.149. The summed E-state index contributed by atoms with van der Waals surface area (Å²) in [5.74, 6) is -0.105. The topological polar surface area (TPSA) is 40.6 Å². The van der Waals surface area contributed by atoms with Gasteiger partial charge in [-0.15, -0.1) is 0 Å². The number of likely N-dealkylation sites (N-methyl/N-ethyl adjacent to an activating group) is 2. The molecule has 1 atom stereocenters. The molecule has 1 aromatic carbocycles. The van der Waals surface area contributed by atoms with Gasteiger partial charge in [0.1, 0.15) is 6.04 Å². The maximum atomic E-state index is 12.1. The summed E-state index contributed by atoms with van der Waals surface area (Å²) in [6, 6.07) is 6.94. The summed E-state index contributed by atoms with van der Waals surface area (Å²) in [5.41, 5.74) is 0.819. The molecule has 4 nitrogen and oxygen atoms in total. The SMILES string of the molecule is CN1CC(=O)N(C)[C@H](c2ccccc2Br)C1=O. The van der Waals surface area contributed by atoms with E-state index in [0.717, 1.165) is 10.0 Å². The van der Waals surface area contributed by atoms with Crippen LogP contribution in [-0.2, 0) is 9.59 Å². The Morgan fingerprint density at radius 1 is 1.24 bits per heavy atom. The fourth-order valence-electron chi connectivity index (χ4n) is 1.95. The lowest BCUT2D eigenvalue weighted by Gasteiger charge is -2.37. The minimum absolute atomic E-state index is 0.0483. The Hall–Kier alpha value is -1.36. The lowest BCUT2D eigenvalue weighted by Crippen LogP contribution is -2.52. The average Bonchev–Trinajstić information content (AvgIpc) is 2.29. The highest BCUT2D eigenvalue weighted by molar-refractivity contribution is 9.10. The zero-order valence-corrected chi connectivity index (χ0v) is 11.3. The summed E-state index contributed by atoms with van der Waals surface area (Å²) < 4.78 is 0.841. The van der Waals surface area contributed by atoms with Gasteiger partial charge in [0.05, 0.1) is 6.54 Å². The van der Waals surface area contributed by atoms with Crippen LogP contribution in [-0.4, -0.2) is 42.3 Å². The summed E-state index contributed by atoms with van der Waals surface area (Å²) in [5, 5.41) is 0. The molecule has 1 aliphatic rings. The van der Waals surface area contributed by atoms with E-state index in [-0.39, 0.29) is 18.4 Å². The predicted molar refractivity (Wildman–Crippen MR) is 67.3 cm³/mol. The van der Waals surface area contributed by atoms with Crippen LogP contribution in [0.1, 0.15) is 11.6 Å². The lowest BCUT2D eigenvalue weighted by molar-refractivity contribution is -0.153. The van der Waals surface area contributed by atoms with Crippen molar-refractivity contribution in [3.8, 4) is 0 Å². The van der Waals surface area contributed by atoms with Crippen LogP contribution in [0.2, 0.25) is 0 Å². The van der Waals surface area contributed by atoms with E-state index in [1.807, 2.05) is 24.3 Å². The van der Waals surface area contributed by atoms with Crippen LogP contribution < -0.4 is 0 Å². The fraction of sp³-hybridized carbons (Fsp3) is 0.333. The second-order valence-corrected chi connectivity index (χ2v) is 4.98. The standard InChI is InChI=1S/C12H13BrN2O2/c1-14-7-10(16)15(2)11(12(14)17)8-5-3-4-6-9(8)13/h3-6,11H,7H2,1-2H3/t11-/m1/s1. The van der Waals surface area contributed by atoms with Crippen molar-refractivity contribution >= 4 is 27.7 Å². The second-order valence-electron chi connectivity index (χ2n) is 4.12. The van der Waals surface area contributed by atoms with Gasteiger partial charge < -0.3 is 9.80 Å². The smallest absolute Gasteiger partial charge is 0.250 e. The Bertz CT molecular complexity index is 475. The van der Waals surface area contributed by atoms with Crippen molar-refractivity contribution in [3.05, 3.63) is 34.3 Å². The van der Waals surface area contributed by atoms with Crippen molar-refractivity contribution in [1.82, 2.24) is 9.80 Å². The Labute approximate surface area is 108 Å². The van der Waals surface area contributed by atoms with Gasteiger partial charge in [0.2, 0.25) is 11.8 Å². The van der Waals surface area contributed by atoms with Crippen molar-refractivity contribution < 1.29 is 9.59 Å². The molecule has 17 heavy (non-hydrogen) atoms. The van der Waals surface area contributed by atoms with Gasteiger partial charge in [-0.3, -0.25) is 9.59 Å². The van der Waals surface area contributed by atoms with Crippen molar-refractivity contribution in [3.63, 3.8) is 0 Å². The molecule has 1 fully saturated rings. The van der Waals surface area contributed by atoms with Crippen LogP contribution in [0.5, 0.6) is 0 Å². The molecule has 1 saturated heterocycles. The van der Waals surface area contributed by atoms with Gasteiger partial charge >= 0.3 is 0 Å². The number of carbonyl (C=O) groups excluding carboxylic acids is 2. The Balaban J connectivity index is 2.45. The Morgan fingerprint density at radius 2 is 1.88 bits per heavy atom. The predicted octanol–water partition coefficient (Wildman–Crippen LogP) is 1.42. The molecule has 2 rings (SSSR count). The number of piperazine rings is 1. The van der Waals surface area contributed by atoms with Crippen LogP contribution in [0.25, 0.3) is 0 Å². The Morgan fingerprint density at radius 3 is 2.53 bits per heavy atom. The number of benzene rings is 1. The number of hydrogen-bond acceptors (Lipinski definition) is 2. The number of nitrogens with zero attached hydrogens (tertiary/aromatic N) is 2. The lowest BCUT2D eigenvalue weighted by atomic mass is 10.0. The second kappa shape index (κ2) is 4.49. The molecular weight excluding hydrogens is 284 g/mol. The van der Waals surface area contributed by atoms with Crippen LogP contribution in [0.3, 0.4) is 0 Å². The van der Waals surface area contributed by atoms with E-state index in [1.165, 1.54) is 9.80 Å². The normalized spacial score (nSPS) is 21.0. The molecule has 2 amide bonds. The summed E-state index contributed by atoms with van der Waals surface area (Å²) in [4.78, 5) is 26.9. The first-order valence-corrected chi connectivity index (χ1v) is 6.06. The minimum Gasteiger partial charge on any atom is -0.334 e. The van der Waals surface area contributed by atoms with E-state index >= 15 is 0 Å². The number of carbonyl (C=O) groups is 2. The van der Waals surface area contributed by atoms with Crippen molar-refractivity contribution in [1.29, 1.82) is 0 Å². The van der Waals surface area contributed by atoms with E-state index in [9.17, 15) is 9.59 Å². The van der Waals surface area contributed by atoms with E-state index in [4.69, 9.17) is 0 Å². The number of hydrogen-bond donors (Lipinski definition) is 0. The zero-order chi connectivity index (χ0) is 12.6. The molecule has 1 aromatic rings. The molecular formula is C12H13BrN2O2. The molecule has 0 spiro atoms. The van der Waals surface area contributed by atoms with Gasteiger partial charge in [0.25, 0.3) is 0 Å². The third-order valence-electron chi connectivity index (χ3n) is 2.96. The van der Waals surface area contributed by atoms with Gasteiger partial charge in [-0.05, 0) is 11.6 Å². The molecule has 0 radical (unpaired) electrons. The molecule has 90 valence electrons. The third-order valence-corrected chi connectivity index (χ3v) is 3.69. The summed E-state index contributed by atoms with van der Waals surface area (Å²) >= 11 is 3.42. The maximum absolute atomic E-state index is 12.1. The van der Waals surface area contributed by atoms with Crippen LogP contribution in [0.4, 0.5) is 0 Å². The largest absolute Gasteiger partial charge is 0.334 e. The molecule has 1 aliphatic heterocycles. The molecule has 0 aromatic heterocycles. The average molecular weight is 297 g/mol. The van der Waals surface area contributed by atoms with Gasteiger partial charge in [0, 0.05) is 18.6 Å². The maximum Gasteiger partial charge on any atom is 0.250 e. The Kier molecular flexibility index (Phi) is 3.19. The number of amides is 2.